The lowest BCUT2D eigenvalue weighted by atomic mass is 10.3. The van der Waals surface area contributed by atoms with Gasteiger partial charge in [-0.15, -0.1) is 0 Å². The number of nitrogens with zero attached hydrogens (tertiary/aromatic N) is 1. The highest BCUT2D eigenvalue weighted by molar-refractivity contribution is 5.09. The zero-order valence-electron chi connectivity index (χ0n) is 7.69. The number of ether oxygens (including phenoxy) is 2. The van der Waals surface area contributed by atoms with E-state index < -0.39 is 0 Å². The van der Waals surface area contributed by atoms with Crippen LogP contribution in [-0.4, -0.2) is 24.3 Å². The van der Waals surface area contributed by atoms with Crippen molar-refractivity contribution in [2.24, 2.45) is 0 Å². The Balaban J connectivity index is 1.97. The van der Waals surface area contributed by atoms with Crippen molar-refractivity contribution < 1.29 is 10.8 Å². The predicted molar refractivity (Wildman–Crippen MR) is 44.1 cm³/mol. The van der Waals surface area contributed by atoms with Crippen LogP contribution >= 0.6 is 0 Å². The van der Waals surface area contributed by atoms with Crippen LogP contribution in [0.15, 0.2) is 24.4 Å². The van der Waals surface area contributed by atoms with Crippen molar-refractivity contribution in [2.45, 2.75) is 12.5 Å². The van der Waals surface area contributed by atoms with E-state index in [4.69, 9.17) is 10.8 Å². The molecule has 0 amide bonds. The molecule has 2 heterocycles. The topological polar surface area (TPSA) is 31.4 Å². The maximum Gasteiger partial charge on any atom is 0.213 e. The zero-order chi connectivity index (χ0) is 9.10. The lowest BCUT2D eigenvalue weighted by Gasteiger charge is -2.09. The molecule has 1 aliphatic heterocycles. The smallest absolute Gasteiger partial charge is 0.213 e. The van der Waals surface area contributed by atoms with Gasteiger partial charge in [0.2, 0.25) is 5.88 Å². The number of hydrogen-bond acceptors (Lipinski definition) is 3. The quantitative estimate of drug-likeness (QED) is 0.662. The molecule has 0 unspecified atom stereocenters. The largest absolute Gasteiger partial charge is 0.472 e. The first kappa shape index (κ1) is 6.43. The maximum atomic E-state index is 7.23. The number of rotatable bonds is 2. The van der Waals surface area contributed by atoms with Crippen molar-refractivity contribution in [3.8, 4) is 5.88 Å². The Labute approximate surface area is 72.7 Å². The molecule has 1 fully saturated rings. The van der Waals surface area contributed by atoms with Crippen LogP contribution in [0.1, 0.15) is 7.79 Å². The molecule has 2 rings (SSSR count). The maximum absolute atomic E-state index is 7.23. The average molecular weight is 166 g/mol. The van der Waals surface area contributed by atoms with Gasteiger partial charge in [-0.3, -0.25) is 0 Å². The molecule has 0 radical (unpaired) electrons. The van der Waals surface area contributed by atoms with Crippen LogP contribution in [0.2, 0.25) is 0 Å². The third-order valence-corrected chi connectivity index (χ3v) is 1.76. The first-order valence-electron chi connectivity index (χ1n) is 4.51. The third-order valence-electron chi connectivity index (χ3n) is 1.76. The summed E-state index contributed by atoms with van der Waals surface area (Å²) in [4.78, 5) is 3.98. The van der Waals surface area contributed by atoms with E-state index in [1.807, 2.05) is 0 Å². The molecule has 0 aromatic carbocycles. The van der Waals surface area contributed by atoms with E-state index in [2.05, 4.69) is 4.98 Å². The van der Waals surface area contributed by atoms with Crippen LogP contribution in [0.5, 0.6) is 5.88 Å². The minimum atomic E-state index is 0.129. The molecule has 0 aliphatic carbocycles. The molecule has 0 bridgehead atoms. The van der Waals surface area contributed by atoms with Gasteiger partial charge in [-0.05, 0) is 6.04 Å². The van der Waals surface area contributed by atoms with Crippen molar-refractivity contribution in [3.63, 3.8) is 0 Å². The van der Waals surface area contributed by atoms with Gasteiger partial charge in [-0.1, -0.05) is 6.07 Å². The van der Waals surface area contributed by atoms with Crippen molar-refractivity contribution >= 4 is 0 Å². The lowest BCUT2D eigenvalue weighted by molar-refractivity contribution is 0.138. The Morgan fingerprint density at radius 3 is 3.42 bits per heavy atom. The van der Waals surface area contributed by atoms with E-state index in [0.29, 0.717) is 18.5 Å². The average Bonchev–Trinajstić information content (AvgIpc) is 2.62. The lowest BCUT2D eigenvalue weighted by Crippen LogP contribution is -2.16. The first-order valence-corrected chi connectivity index (χ1v) is 4.01. The Bertz CT molecular complexity index is 269. The Morgan fingerprint density at radius 2 is 2.75 bits per heavy atom. The minimum absolute atomic E-state index is 0.129. The SMILES string of the molecule is [2H]c1ccc(O[C@@H]2CCOC2)nc1. The van der Waals surface area contributed by atoms with Gasteiger partial charge in [0.05, 0.1) is 14.6 Å². The van der Waals surface area contributed by atoms with Gasteiger partial charge in [0.15, 0.2) is 0 Å². The van der Waals surface area contributed by atoms with E-state index >= 15 is 0 Å². The van der Waals surface area contributed by atoms with E-state index in [-0.39, 0.29) is 6.10 Å². The highest BCUT2D eigenvalue weighted by atomic mass is 16.5. The van der Waals surface area contributed by atoms with Crippen molar-refractivity contribution in [1.82, 2.24) is 4.98 Å². The normalized spacial score (nSPS) is 23.7. The minimum Gasteiger partial charge on any atom is -0.472 e. The Morgan fingerprint density at radius 1 is 1.75 bits per heavy atom. The monoisotopic (exact) mass is 166 g/mol. The van der Waals surface area contributed by atoms with Gasteiger partial charge >= 0.3 is 0 Å². The molecule has 0 saturated carbocycles. The number of pyridine rings is 1. The van der Waals surface area contributed by atoms with Gasteiger partial charge in [0.25, 0.3) is 0 Å². The summed E-state index contributed by atoms with van der Waals surface area (Å²) in [6, 6.07) is 3.77. The molecule has 12 heavy (non-hydrogen) atoms. The standard InChI is InChI=1S/C9H11NO2/c1-2-5-10-9(3-1)12-8-4-6-11-7-8/h1-3,5,8H,4,6-7H2/t8-/m1/s1/i2D. The fourth-order valence-electron chi connectivity index (χ4n) is 1.15. The van der Waals surface area contributed by atoms with Crippen LogP contribution in [0.4, 0.5) is 0 Å². The van der Waals surface area contributed by atoms with E-state index in [9.17, 15) is 0 Å². The molecule has 3 heteroatoms. The molecule has 0 spiro atoms. The Kier molecular flexibility index (Phi) is 1.90. The summed E-state index contributed by atoms with van der Waals surface area (Å²) in [6.45, 7) is 1.41. The van der Waals surface area contributed by atoms with E-state index in [1.54, 1.807) is 12.1 Å². The Hall–Kier alpha value is -1.09. The van der Waals surface area contributed by atoms with E-state index in [0.717, 1.165) is 13.0 Å². The van der Waals surface area contributed by atoms with Crippen LogP contribution in [-0.2, 0) is 4.74 Å². The molecule has 1 atom stereocenters. The van der Waals surface area contributed by atoms with Crippen molar-refractivity contribution in [1.29, 1.82) is 0 Å². The zero-order valence-corrected chi connectivity index (χ0v) is 6.69. The highest BCUT2D eigenvalue weighted by Crippen LogP contribution is 2.12. The van der Waals surface area contributed by atoms with Gasteiger partial charge in [-0.2, -0.15) is 0 Å². The second-order valence-electron chi connectivity index (χ2n) is 2.70. The first-order chi connectivity index (χ1) is 6.34. The number of aromatic nitrogens is 1. The molecular weight excluding hydrogens is 154 g/mol. The van der Waals surface area contributed by atoms with Crippen LogP contribution < -0.4 is 4.74 Å². The molecular formula is C9H11NO2. The van der Waals surface area contributed by atoms with E-state index in [1.165, 1.54) is 6.20 Å². The van der Waals surface area contributed by atoms with Crippen molar-refractivity contribution in [2.75, 3.05) is 13.2 Å². The van der Waals surface area contributed by atoms with Gasteiger partial charge in [0, 0.05) is 18.7 Å². The molecule has 1 aromatic heterocycles. The van der Waals surface area contributed by atoms with Crippen molar-refractivity contribution in [3.05, 3.63) is 24.4 Å². The second-order valence-corrected chi connectivity index (χ2v) is 2.70. The molecule has 0 N–H and O–H groups in total. The molecule has 64 valence electrons. The molecule has 1 saturated heterocycles. The predicted octanol–water partition coefficient (Wildman–Crippen LogP) is 1.25. The molecule has 1 aliphatic rings. The summed E-state index contributed by atoms with van der Waals surface area (Å²) in [5.74, 6) is 0.575. The fourth-order valence-corrected chi connectivity index (χ4v) is 1.15. The number of hydrogen-bond donors (Lipinski definition) is 0. The molecule has 1 aromatic rings. The summed E-state index contributed by atoms with van der Waals surface area (Å²) >= 11 is 0. The second kappa shape index (κ2) is 3.54. The third kappa shape index (κ3) is 1.74. The van der Waals surface area contributed by atoms with Crippen LogP contribution in [0.3, 0.4) is 0 Å². The summed E-state index contributed by atoms with van der Waals surface area (Å²) in [5.41, 5.74) is 0. The molecule has 3 nitrogen and oxygen atoms in total. The van der Waals surface area contributed by atoms with Gasteiger partial charge in [0.1, 0.15) is 6.10 Å². The van der Waals surface area contributed by atoms with Crippen LogP contribution in [0, 0.1) is 0 Å². The fraction of sp³-hybridized carbons (Fsp3) is 0.444. The highest BCUT2D eigenvalue weighted by Gasteiger charge is 2.17. The summed E-state index contributed by atoms with van der Waals surface area (Å²) < 4.78 is 17.9. The van der Waals surface area contributed by atoms with Gasteiger partial charge in [-0.25, -0.2) is 4.98 Å². The summed E-state index contributed by atoms with van der Waals surface area (Å²) in [7, 11) is 0. The van der Waals surface area contributed by atoms with Crippen LogP contribution in [0.25, 0.3) is 0 Å². The van der Waals surface area contributed by atoms with Gasteiger partial charge < -0.3 is 9.47 Å². The summed E-state index contributed by atoms with van der Waals surface area (Å²) in [6.07, 6.45) is 2.53. The summed E-state index contributed by atoms with van der Waals surface area (Å²) in [5, 5.41) is 0.